The molecule has 0 amide bonds. The Morgan fingerprint density at radius 1 is 1.43 bits per heavy atom. The molecule has 0 fully saturated rings. The molecule has 0 spiro atoms. The number of nitrogens with zero attached hydrogens (tertiary/aromatic N) is 3. The van der Waals surface area contributed by atoms with Crippen molar-refractivity contribution in [3.05, 3.63) is 30.5 Å². The molecular weight excluding hydrogens is 180 g/mol. The highest BCUT2D eigenvalue weighted by Gasteiger charge is 2.05. The van der Waals surface area contributed by atoms with Crippen LogP contribution in [0.15, 0.2) is 24.8 Å². The number of hydrogen-bond acceptors (Lipinski definition) is 4. The van der Waals surface area contributed by atoms with E-state index in [2.05, 4.69) is 9.97 Å². The van der Waals surface area contributed by atoms with Crippen LogP contribution in [0.4, 0.5) is 5.69 Å². The van der Waals surface area contributed by atoms with Crippen LogP contribution in [-0.2, 0) is 0 Å². The summed E-state index contributed by atoms with van der Waals surface area (Å²) in [5.41, 5.74) is 6.76. The van der Waals surface area contributed by atoms with Gasteiger partial charge in [0.05, 0.1) is 17.6 Å². The van der Waals surface area contributed by atoms with Crippen molar-refractivity contribution in [1.82, 2.24) is 14.5 Å². The molecule has 0 aliphatic heterocycles. The molecule has 0 atom stereocenters. The molecule has 0 saturated carbocycles. The van der Waals surface area contributed by atoms with E-state index in [1.54, 1.807) is 17.1 Å². The zero-order chi connectivity index (χ0) is 10.1. The van der Waals surface area contributed by atoms with Crippen molar-refractivity contribution in [3.63, 3.8) is 0 Å². The van der Waals surface area contributed by atoms with E-state index in [0.29, 0.717) is 11.5 Å². The van der Waals surface area contributed by atoms with Crippen LogP contribution in [0.3, 0.4) is 0 Å². The monoisotopic (exact) mass is 190 g/mol. The molecule has 5 nitrogen and oxygen atoms in total. The number of aryl methyl sites for hydroxylation is 1. The van der Waals surface area contributed by atoms with E-state index in [1.165, 1.54) is 12.3 Å². The van der Waals surface area contributed by atoms with Crippen LogP contribution in [-0.4, -0.2) is 19.6 Å². The quantitative estimate of drug-likeness (QED) is 0.699. The van der Waals surface area contributed by atoms with E-state index >= 15 is 0 Å². The summed E-state index contributed by atoms with van der Waals surface area (Å²) in [7, 11) is 0. The first kappa shape index (κ1) is 8.55. The summed E-state index contributed by atoms with van der Waals surface area (Å²) in [5, 5.41) is 9.56. The fourth-order valence-corrected chi connectivity index (χ4v) is 1.20. The maximum atomic E-state index is 9.56. The van der Waals surface area contributed by atoms with Gasteiger partial charge in [0.15, 0.2) is 11.6 Å². The fourth-order valence-electron chi connectivity index (χ4n) is 1.20. The van der Waals surface area contributed by atoms with Crippen LogP contribution in [0.2, 0.25) is 0 Å². The molecule has 72 valence electrons. The van der Waals surface area contributed by atoms with E-state index in [9.17, 15) is 5.11 Å². The average Bonchev–Trinajstić information content (AvgIpc) is 2.51. The molecule has 0 bridgehead atoms. The smallest absolute Gasteiger partial charge is 0.180 e. The van der Waals surface area contributed by atoms with Crippen molar-refractivity contribution in [2.24, 2.45) is 0 Å². The number of aromatic hydroxyl groups is 1. The Balaban J connectivity index is 2.52. The Labute approximate surface area is 80.8 Å². The zero-order valence-corrected chi connectivity index (χ0v) is 7.68. The molecule has 2 aromatic rings. The summed E-state index contributed by atoms with van der Waals surface area (Å²) < 4.78 is 1.64. The third-order valence-corrected chi connectivity index (χ3v) is 1.82. The van der Waals surface area contributed by atoms with Crippen LogP contribution in [0, 0.1) is 6.92 Å². The van der Waals surface area contributed by atoms with Crippen molar-refractivity contribution >= 4 is 5.69 Å². The lowest BCUT2D eigenvalue weighted by molar-refractivity contribution is 0.469. The van der Waals surface area contributed by atoms with Crippen molar-refractivity contribution in [2.75, 3.05) is 5.73 Å². The second kappa shape index (κ2) is 3.02. The number of rotatable bonds is 1. The molecular formula is C9H10N4O. The summed E-state index contributed by atoms with van der Waals surface area (Å²) >= 11 is 0. The number of hydrogen-bond donors (Lipinski definition) is 2. The third-order valence-electron chi connectivity index (χ3n) is 1.82. The molecule has 0 aromatic carbocycles. The number of pyridine rings is 1. The molecule has 2 rings (SSSR count). The highest BCUT2D eigenvalue weighted by molar-refractivity contribution is 5.49. The standard InChI is InChI=1S/C9H10N4O/c1-6-4-13(5-12-6)9-8(14)2-7(10)3-11-9/h2-5,14H,10H2,1H3. The first-order valence-corrected chi connectivity index (χ1v) is 4.12. The van der Waals surface area contributed by atoms with Gasteiger partial charge >= 0.3 is 0 Å². The van der Waals surface area contributed by atoms with Crippen LogP contribution in [0.25, 0.3) is 5.82 Å². The van der Waals surface area contributed by atoms with Gasteiger partial charge in [-0.05, 0) is 6.92 Å². The minimum atomic E-state index is 0.0439. The Kier molecular flexibility index (Phi) is 1.85. The van der Waals surface area contributed by atoms with E-state index < -0.39 is 0 Å². The largest absolute Gasteiger partial charge is 0.504 e. The molecule has 14 heavy (non-hydrogen) atoms. The summed E-state index contributed by atoms with van der Waals surface area (Å²) in [5.74, 6) is 0.474. The van der Waals surface area contributed by atoms with Gasteiger partial charge in [-0.1, -0.05) is 0 Å². The van der Waals surface area contributed by atoms with Gasteiger partial charge in [-0.2, -0.15) is 0 Å². The fraction of sp³-hybridized carbons (Fsp3) is 0.111. The topological polar surface area (TPSA) is 77.0 Å². The van der Waals surface area contributed by atoms with Crippen LogP contribution in [0.5, 0.6) is 5.75 Å². The Morgan fingerprint density at radius 3 is 2.79 bits per heavy atom. The van der Waals surface area contributed by atoms with Crippen LogP contribution >= 0.6 is 0 Å². The molecule has 0 aliphatic carbocycles. The normalized spacial score (nSPS) is 10.4. The molecule has 5 heteroatoms. The van der Waals surface area contributed by atoms with Gasteiger partial charge in [0.2, 0.25) is 0 Å². The van der Waals surface area contributed by atoms with Crippen molar-refractivity contribution in [1.29, 1.82) is 0 Å². The van der Waals surface area contributed by atoms with Gasteiger partial charge in [-0.3, -0.25) is 4.57 Å². The zero-order valence-electron chi connectivity index (χ0n) is 7.68. The van der Waals surface area contributed by atoms with Gasteiger partial charge in [0, 0.05) is 12.3 Å². The minimum Gasteiger partial charge on any atom is -0.504 e. The van der Waals surface area contributed by atoms with E-state index in [-0.39, 0.29) is 5.75 Å². The van der Waals surface area contributed by atoms with Crippen molar-refractivity contribution in [2.45, 2.75) is 6.92 Å². The van der Waals surface area contributed by atoms with Gasteiger partial charge in [-0.25, -0.2) is 9.97 Å². The van der Waals surface area contributed by atoms with Gasteiger partial charge < -0.3 is 10.8 Å². The Morgan fingerprint density at radius 2 is 2.21 bits per heavy atom. The summed E-state index contributed by atoms with van der Waals surface area (Å²) in [6, 6.07) is 1.46. The molecule has 0 radical (unpaired) electrons. The Bertz CT molecular complexity index is 464. The number of nitrogens with two attached hydrogens (primary N) is 1. The number of anilines is 1. The van der Waals surface area contributed by atoms with Gasteiger partial charge in [0.1, 0.15) is 6.33 Å². The maximum Gasteiger partial charge on any atom is 0.180 e. The molecule has 2 aromatic heterocycles. The SMILES string of the molecule is Cc1cn(-c2ncc(N)cc2O)cn1. The lowest BCUT2D eigenvalue weighted by Gasteiger charge is -2.03. The van der Waals surface area contributed by atoms with E-state index in [1.807, 2.05) is 6.92 Å². The van der Waals surface area contributed by atoms with Crippen LogP contribution in [0.1, 0.15) is 5.69 Å². The molecule has 2 heterocycles. The molecule has 0 aliphatic rings. The molecule has 3 N–H and O–H groups in total. The summed E-state index contributed by atoms with van der Waals surface area (Å²) in [6.45, 7) is 1.87. The highest BCUT2D eigenvalue weighted by Crippen LogP contribution is 2.20. The lowest BCUT2D eigenvalue weighted by Crippen LogP contribution is -1.96. The first-order chi connectivity index (χ1) is 6.66. The summed E-state index contributed by atoms with van der Waals surface area (Å²) in [6.07, 6.45) is 4.86. The first-order valence-electron chi connectivity index (χ1n) is 4.12. The number of imidazole rings is 1. The summed E-state index contributed by atoms with van der Waals surface area (Å²) in [4.78, 5) is 8.05. The molecule has 0 saturated heterocycles. The van der Waals surface area contributed by atoms with Crippen molar-refractivity contribution in [3.8, 4) is 11.6 Å². The van der Waals surface area contributed by atoms with E-state index in [4.69, 9.17) is 5.73 Å². The van der Waals surface area contributed by atoms with Gasteiger partial charge in [0.25, 0.3) is 0 Å². The van der Waals surface area contributed by atoms with Gasteiger partial charge in [-0.15, -0.1) is 0 Å². The minimum absolute atomic E-state index is 0.0439. The van der Waals surface area contributed by atoms with E-state index in [0.717, 1.165) is 5.69 Å². The predicted octanol–water partition coefficient (Wildman–Crippen LogP) is 0.864. The second-order valence-corrected chi connectivity index (χ2v) is 3.03. The van der Waals surface area contributed by atoms with Crippen LogP contribution < -0.4 is 5.73 Å². The Hall–Kier alpha value is -2.04. The average molecular weight is 190 g/mol. The predicted molar refractivity (Wildman–Crippen MR) is 52.2 cm³/mol. The maximum absolute atomic E-state index is 9.56. The third kappa shape index (κ3) is 1.39. The second-order valence-electron chi connectivity index (χ2n) is 3.03. The number of aromatic nitrogens is 3. The van der Waals surface area contributed by atoms with Crippen molar-refractivity contribution < 1.29 is 5.11 Å². The number of nitrogen functional groups attached to an aromatic ring is 1. The molecule has 0 unspecified atom stereocenters. The highest BCUT2D eigenvalue weighted by atomic mass is 16.3. The lowest BCUT2D eigenvalue weighted by atomic mass is 10.4.